The van der Waals surface area contributed by atoms with Crippen LogP contribution in [0.4, 0.5) is 15.3 Å². The quantitative estimate of drug-likeness (QED) is 0.372. The molecule has 0 aliphatic heterocycles. The monoisotopic (exact) mass is 496 g/mol. The third-order valence-electron chi connectivity index (χ3n) is 5.16. The molecular formula is C25H29FN6O2S. The summed E-state index contributed by atoms with van der Waals surface area (Å²) in [6.45, 7) is 6.73. The molecule has 0 saturated carbocycles. The molecule has 1 amide bonds. The third-order valence-corrected chi connectivity index (χ3v) is 6.18. The van der Waals surface area contributed by atoms with Crippen molar-refractivity contribution in [2.75, 3.05) is 30.9 Å². The van der Waals surface area contributed by atoms with Crippen molar-refractivity contribution in [3.8, 4) is 17.0 Å². The summed E-state index contributed by atoms with van der Waals surface area (Å²) in [7, 11) is 3.44. The minimum Gasteiger partial charge on any atom is -0.497 e. The first kappa shape index (κ1) is 24.5. The molecule has 2 heterocycles. The third kappa shape index (κ3) is 5.89. The molecule has 2 aromatic heterocycles. The highest BCUT2D eigenvalue weighted by Crippen LogP contribution is 2.34. The Balaban J connectivity index is 1.50. The first-order chi connectivity index (χ1) is 16.6. The zero-order chi connectivity index (χ0) is 25.2. The number of aromatic nitrogens is 3. The number of carbonyl (C=O) groups excluding carboxylic acids is 1. The highest BCUT2D eigenvalue weighted by Gasteiger charge is 2.23. The molecule has 0 saturated heterocycles. The second-order valence-electron chi connectivity index (χ2n) is 9.25. The molecule has 0 bridgehead atoms. The number of halogens is 1. The van der Waals surface area contributed by atoms with E-state index in [9.17, 15) is 9.18 Å². The van der Waals surface area contributed by atoms with Crippen LogP contribution >= 0.6 is 11.3 Å². The summed E-state index contributed by atoms with van der Waals surface area (Å²) in [5, 5.41) is 11.8. The lowest BCUT2D eigenvalue weighted by Crippen LogP contribution is -2.34. The number of nitrogens with zero attached hydrogens (tertiary/aromatic N) is 4. The molecular weight excluding hydrogens is 467 g/mol. The zero-order valence-corrected chi connectivity index (χ0v) is 21.2. The lowest BCUT2D eigenvalue weighted by atomic mass is 10.1. The minimum absolute atomic E-state index is 0.115. The molecule has 8 nitrogen and oxygen atoms in total. The molecule has 10 heteroatoms. The maximum absolute atomic E-state index is 13.5. The molecule has 4 aromatic rings. The summed E-state index contributed by atoms with van der Waals surface area (Å²) in [5.41, 5.74) is 2.23. The second kappa shape index (κ2) is 9.91. The second-order valence-corrected chi connectivity index (χ2v) is 10.2. The number of amides is 1. The number of carbonyl (C=O) groups is 1. The van der Waals surface area contributed by atoms with E-state index in [2.05, 4.69) is 10.6 Å². The van der Waals surface area contributed by atoms with E-state index >= 15 is 0 Å². The average Bonchev–Trinajstić information content (AvgIpc) is 3.37. The van der Waals surface area contributed by atoms with E-state index in [0.717, 1.165) is 22.7 Å². The van der Waals surface area contributed by atoms with Gasteiger partial charge in [-0.15, -0.1) is 5.10 Å². The van der Waals surface area contributed by atoms with Crippen LogP contribution in [0.25, 0.3) is 16.2 Å². The fourth-order valence-corrected chi connectivity index (χ4v) is 4.31. The molecule has 0 unspecified atom stereocenters. The maximum Gasteiger partial charge on any atom is 0.239 e. The molecule has 2 aromatic carbocycles. The first-order valence-corrected chi connectivity index (χ1v) is 12.0. The van der Waals surface area contributed by atoms with Crippen molar-refractivity contribution in [2.45, 2.75) is 32.9 Å². The number of anilines is 2. The number of ether oxygens (including phenoxy) is 1. The SMILES string of the molecule is COc1ccc(CNC(=O)CN(C)c2nn3c(NC(C)(C)C)c(-c4ccc(F)cc4)nc3s2)cc1. The Morgan fingerprint density at radius 1 is 1.14 bits per heavy atom. The van der Waals surface area contributed by atoms with Gasteiger partial charge in [-0.3, -0.25) is 4.79 Å². The maximum atomic E-state index is 13.5. The van der Waals surface area contributed by atoms with Crippen LogP contribution in [0.5, 0.6) is 5.75 Å². The molecule has 184 valence electrons. The summed E-state index contributed by atoms with van der Waals surface area (Å²) in [4.78, 5) is 19.8. The molecule has 0 radical (unpaired) electrons. The zero-order valence-electron chi connectivity index (χ0n) is 20.4. The van der Waals surface area contributed by atoms with Gasteiger partial charge in [0.05, 0.1) is 13.7 Å². The highest BCUT2D eigenvalue weighted by molar-refractivity contribution is 7.20. The van der Waals surface area contributed by atoms with Crippen molar-refractivity contribution >= 4 is 33.2 Å². The van der Waals surface area contributed by atoms with Crippen LogP contribution in [0.3, 0.4) is 0 Å². The fraction of sp³-hybridized carbons (Fsp3) is 0.320. The van der Waals surface area contributed by atoms with E-state index in [1.165, 1.54) is 23.5 Å². The number of hydrogen-bond donors (Lipinski definition) is 2. The molecule has 0 aliphatic carbocycles. The van der Waals surface area contributed by atoms with Gasteiger partial charge in [-0.2, -0.15) is 4.52 Å². The summed E-state index contributed by atoms with van der Waals surface area (Å²) in [5.74, 6) is 1.08. The van der Waals surface area contributed by atoms with Gasteiger partial charge in [0, 0.05) is 24.7 Å². The first-order valence-electron chi connectivity index (χ1n) is 11.2. The Kier molecular flexibility index (Phi) is 6.93. The van der Waals surface area contributed by atoms with Gasteiger partial charge < -0.3 is 20.3 Å². The standard InChI is InChI=1S/C25H29FN6O2S/c1-25(2,3)29-22-21(17-8-10-18(26)11-9-17)28-23-32(22)30-24(35-23)31(4)15-20(33)27-14-16-6-12-19(34-5)13-7-16/h6-13,29H,14-15H2,1-5H3,(H,27,33). The molecule has 0 atom stereocenters. The van der Waals surface area contributed by atoms with Crippen LogP contribution < -0.4 is 20.3 Å². The van der Waals surface area contributed by atoms with Gasteiger partial charge in [-0.1, -0.05) is 23.5 Å². The summed E-state index contributed by atoms with van der Waals surface area (Å²) >= 11 is 1.38. The number of rotatable bonds is 8. The molecule has 0 fully saturated rings. The predicted molar refractivity (Wildman–Crippen MR) is 138 cm³/mol. The van der Waals surface area contributed by atoms with Crippen molar-refractivity contribution in [1.29, 1.82) is 0 Å². The van der Waals surface area contributed by atoms with Gasteiger partial charge in [0.2, 0.25) is 16.0 Å². The number of methoxy groups -OCH3 is 1. The van der Waals surface area contributed by atoms with Crippen molar-refractivity contribution in [1.82, 2.24) is 19.9 Å². The Hall–Kier alpha value is -3.66. The van der Waals surface area contributed by atoms with Crippen LogP contribution in [0.1, 0.15) is 26.3 Å². The number of fused-ring (bicyclic) bond motifs is 1. The minimum atomic E-state index is -0.299. The molecule has 35 heavy (non-hydrogen) atoms. The Morgan fingerprint density at radius 2 is 1.83 bits per heavy atom. The van der Waals surface area contributed by atoms with Crippen molar-refractivity contribution in [3.05, 3.63) is 59.9 Å². The summed E-state index contributed by atoms with van der Waals surface area (Å²) in [6, 6.07) is 13.8. The van der Waals surface area contributed by atoms with Crippen LogP contribution in [-0.2, 0) is 11.3 Å². The largest absolute Gasteiger partial charge is 0.497 e. The van der Waals surface area contributed by atoms with Crippen LogP contribution in [0.15, 0.2) is 48.5 Å². The smallest absolute Gasteiger partial charge is 0.239 e. The fourth-order valence-electron chi connectivity index (χ4n) is 3.45. The number of benzene rings is 2. The number of hydrogen-bond acceptors (Lipinski definition) is 7. The van der Waals surface area contributed by atoms with Gasteiger partial charge in [0.1, 0.15) is 17.3 Å². The van der Waals surface area contributed by atoms with Crippen LogP contribution in [0, 0.1) is 5.82 Å². The van der Waals surface area contributed by atoms with E-state index in [-0.39, 0.29) is 23.8 Å². The summed E-state index contributed by atoms with van der Waals surface area (Å²) < 4.78 is 20.4. The molecule has 0 aliphatic rings. The summed E-state index contributed by atoms with van der Waals surface area (Å²) in [6.07, 6.45) is 0. The van der Waals surface area contributed by atoms with Gasteiger partial charge in [0.15, 0.2) is 5.82 Å². The van der Waals surface area contributed by atoms with E-state index in [1.54, 1.807) is 28.7 Å². The Bertz CT molecular complexity index is 1310. The number of likely N-dealkylation sites (N-methyl/N-ethyl adjacent to an activating group) is 1. The van der Waals surface area contributed by atoms with Gasteiger partial charge >= 0.3 is 0 Å². The lowest BCUT2D eigenvalue weighted by molar-refractivity contribution is -0.119. The van der Waals surface area contributed by atoms with Crippen molar-refractivity contribution in [3.63, 3.8) is 0 Å². The lowest BCUT2D eigenvalue weighted by Gasteiger charge is -2.22. The van der Waals surface area contributed by atoms with E-state index in [1.807, 2.05) is 52.1 Å². The van der Waals surface area contributed by atoms with Crippen molar-refractivity contribution < 1.29 is 13.9 Å². The van der Waals surface area contributed by atoms with Crippen LogP contribution in [-0.4, -0.2) is 46.7 Å². The normalized spacial score (nSPS) is 11.5. The number of imidazole rings is 1. The predicted octanol–water partition coefficient (Wildman–Crippen LogP) is 4.57. The van der Waals surface area contributed by atoms with E-state index < -0.39 is 0 Å². The van der Waals surface area contributed by atoms with Gasteiger partial charge in [-0.05, 0) is 62.7 Å². The van der Waals surface area contributed by atoms with Gasteiger partial charge in [0.25, 0.3) is 0 Å². The molecule has 0 spiro atoms. The van der Waals surface area contributed by atoms with Gasteiger partial charge in [-0.25, -0.2) is 9.37 Å². The number of nitrogens with one attached hydrogen (secondary N) is 2. The average molecular weight is 497 g/mol. The Morgan fingerprint density at radius 3 is 2.46 bits per heavy atom. The van der Waals surface area contributed by atoms with Crippen LogP contribution in [0.2, 0.25) is 0 Å². The Labute approximate surface area is 207 Å². The molecule has 4 rings (SSSR count). The highest BCUT2D eigenvalue weighted by atomic mass is 32.1. The topological polar surface area (TPSA) is 83.8 Å². The van der Waals surface area contributed by atoms with Crippen molar-refractivity contribution in [2.24, 2.45) is 0 Å². The van der Waals surface area contributed by atoms with E-state index in [4.69, 9.17) is 14.8 Å². The van der Waals surface area contributed by atoms with E-state index in [0.29, 0.717) is 22.3 Å². The molecule has 2 N–H and O–H groups in total.